The van der Waals surface area contributed by atoms with Crippen LogP contribution in [0.15, 0.2) is 29.6 Å². The van der Waals surface area contributed by atoms with Crippen LogP contribution in [0.5, 0.6) is 0 Å². The Labute approximate surface area is 123 Å². The molecule has 1 aromatic heterocycles. The lowest BCUT2D eigenvalue weighted by molar-refractivity contribution is 0.292. The Morgan fingerprint density at radius 1 is 1.30 bits per heavy atom. The monoisotopic (exact) mass is 290 g/mol. The molecule has 1 N–H and O–H groups in total. The molecule has 0 saturated heterocycles. The second-order valence-corrected chi connectivity index (χ2v) is 6.45. The Kier molecular flexibility index (Phi) is 4.13. The van der Waals surface area contributed by atoms with Gasteiger partial charge in [-0.1, -0.05) is 12.1 Å². The van der Waals surface area contributed by atoms with E-state index in [1.54, 1.807) is 23.5 Å². The fourth-order valence-electron chi connectivity index (χ4n) is 2.69. The van der Waals surface area contributed by atoms with E-state index in [1.807, 2.05) is 19.1 Å². The molecule has 1 aromatic carbocycles. The van der Waals surface area contributed by atoms with Crippen molar-refractivity contribution < 1.29 is 4.39 Å². The van der Waals surface area contributed by atoms with Gasteiger partial charge in [0.1, 0.15) is 5.82 Å². The highest BCUT2D eigenvalue weighted by molar-refractivity contribution is 7.09. The van der Waals surface area contributed by atoms with Crippen LogP contribution >= 0.6 is 11.3 Å². The molecule has 0 spiro atoms. The van der Waals surface area contributed by atoms with Gasteiger partial charge in [0.05, 0.1) is 5.01 Å². The van der Waals surface area contributed by atoms with Gasteiger partial charge in [-0.15, -0.1) is 11.3 Å². The Morgan fingerprint density at radius 3 is 2.70 bits per heavy atom. The van der Waals surface area contributed by atoms with Gasteiger partial charge in [-0.05, 0) is 43.4 Å². The van der Waals surface area contributed by atoms with Crippen LogP contribution in [0, 0.1) is 12.7 Å². The van der Waals surface area contributed by atoms with Crippen molar-refractivity contribution in [3.63, 3.8) is 0 Å². The maximum absolute atomic E-state index is 12.9. The van der Waals surface area contributed by atoms with Crippen LogP contribution < -0.4 is 5.32 Å². The molecular weight excluding hydrogens is 271 g/mol. The van der Waals surface area contributed by atoms with Crippen molar-refractivity contribution in [1.82, 2.24) is 10.3 Å². The van der Waals surface area contributed by atoms with Crippen molar-refractivity contribution in [2.24, 2.45) is 0 Å². The number of nitrogens with zero attached hydrogens (tertiary/aromatic N) is 1. The number of hydrogen-bond donors (Lipinski definition) is 1. The average Bonchev–Trinajstić information content (AvgIpc) is 2.80. The van der Waals surface area contributed by atoms with Gasteiger partial charge in [-0.2, -0.15) is 0 Å². The summed E-state index contributed by atoms with van der Waals surface area (Å²) in [5.74, 6) is 0.441. The number of hydrogen-bond acceptors (Lipinski definition) is 3. The van der Waals surface area contributed by atoms with Crippen LogP contribution in [-0.2, 0) is 6.42 Å². The minimum Gasteiger partial charge on any atom is -0.314 e. The normalized spacial score (nSPS) is 21.7. The maximum Gasteiger partial charge on any atom is 0.123 e. The highest BCUT2D eigenvalue weighted by atomic mass is 32.1. The zero-order chi connectivity index (χ0) is 13.9. The molecule has 3 rings (SSSR count). The fraction of sp³-hybridized carbons (Fsp3) is 0.438. The molecule has 0 atom stereocenters. The molecule has 20 heavy (non-hydrogen) atoms. The molecule has 0 unspecified atom stereocenters. The molecule has 1 fully saturated rings. The lowest BCUT2D eigenvalue weighted by Gasteiger charge is -2.36. The summed E-state index contributed by atoms with van der Waals surface area (Å²) in [4.78, 5) is 4.47. The number of nitrogens with one attached hydrogen (secondary N) is 1. The van der Waals surface area contributed by atoms with E-state index in [0.717, 1.165) is 31.5 Å². The summed E-state index contributed by atoms with van der Waals surface area (Å²) >= 11 is 1.74. The first kappa shape index (κ1) is 13.7. The van der Waals surface area contributed by atoms with E-state index in [9.17, 15) is 4.39 Å². The number of thiazole rings is 1. The van der Waals surface area contributed by atoms with E-state index in [4.69, 9.17) is 0 Å². The smallest absolute Gasteiger partial charge is 0.123 e. The van der Waals surface area contributed by atoms with Crippen LogP contribution in [0.1, 0.15) is 35.0 Å². The van der Waals surface area contributed by atoms with Crippen LogP contribution in [0.25, 0.3) is 0 Å². The molecule has 2 aromatic rings. The van der Waals surface area contributed by atoms with Gasteiger partial charge in [-0.25, -0.2) is 9.37 Å². The van der Waals surface area contributed by atoms with Crippen molar-refractivity contribution >= 4 is 11.3 Å². The molecule has 0 radical (unpaired) electrons. The standard InChI is InChI=1S/C16H19FN2S/c1-11-10-20-16(19-11)6-7-18-15-8-13(9-15)12-2-4-14(17)5-3-12/h2-5,10,13,15,18H,6-9H2,1H3. The predicted octanol–water partition coefficient (Wildman–Crippen LogP) is 3.67. The van der Waals surface area contributed by atoms with Gasteiger partial charge in [0, 0.05) is 30.1 Å². The molecule has 0 aliphatic heterocycles. The molecule has 106 valence electrons. The Hall–Kier alpha value is -1.26. The SMILES string of the molecule is Cc1csc(CCNC2CC(c3ccc(F)cc3)C2)n1. The van der Waals surface area contributed by atoms with E-state index in [2.05, 4.69) is 15.7 Å². The molecule has 1 aliphatic carbocycles. The Balaban J connectivity index is 1.39. The van der Waals surface area contributed by atoms with Gasteiger partial charge in [0.15, 0.2) is 0 Å². The van der Waals surface area contributed by atoms with E-state index in [-0.39, 0.29) is 5.82 Å². The van der Waals surface area contributed by atoms with Crippen molar-refractivity contribution in [3.05, 3.63) is 51.7 Å². The van der Waals surface area contributed by atoms with E-state index in [1.165, 1.54) is 10.6 Å². The van der Waals surface area contributed by atoms with Gasteiger partial charge in [-0.3, -0.25) is 0 Å². The van der Waals surface area contributed by atoms with Crippen molar-refractivity contribution in [2.75, 3.05) is 6.54 Å². The third-order valence-corrected chi connectivity index (χ3v) is 4.94. The molecular formula is C16H19FN2S. The first-order valence-corrected chi connectivity index (χ1v) is 7.98. The lowest BCUT2D eigenvalue weighted by Crippen LogP contribution is -2.40. The molecule has 1 aliphatic rings. The minimum atomic E-state index is -0.151. The fourth-order valence-corrected chi connectivity index (χ4v) is 3.47. The zero-order valence-electron chi connectivity index (χ0n) is 11.6. The third-order valence-electron chi connectivity index (χ3n) is 3.92. The average molecular weight is 290 g/mol. The molecule has 0 bridgehead atoms. The molecule has 4 heteroatoms. The third kappa shape index (κ3) is 3.25. The molecule has 2 nitrogen and oxygen atoms in total. The highest BCUT2D eigenvalue weighted by Crippen LogP contribution is 2.36. The second-order valence-electron chi connectivity index (χ2n) is 5.50. The molecule has 1 heterocycles. The summed E-state index contributed by atoms with van der Waals surface area (Å²) in [5, 5.41) is 6.89. The van der Waals surface area contributed by atoms with Crippen LogP contribution in [0.2, 0.25) is 0 Å². The highest BCUT2D eigenvalue weighted by Gasteiger charge is 2.29. The number of aromatic nitrogens is 1. The van der Waals surface area contributed by atoms with Gasteiger partial charge >= 0.3 is 0 Å². The first-order chi connectivity index (χ1) is 9.70. The van der Waals surface area contributed by atoms with Gasteiger partial charge < -0.3 is 5.32 Å². The summed E-state index contributed by atoms with van der Waals surface area (Å²) in [7, 11) is 0. The minimum absolute atomic E-state index is 0.151. The Morgan fingerprint density at radius 2 is 2.05 bits per heavy atom. The predicted molar refractivity (Wildman–Crippen MR) is 80.7 cm³/mol. The largest absolute Gasteiger partial charge is 0.314 e. The van der Waals surface area contributed by atoms with Crippen molar-refractivity contribution in [2.45, 2.75) is 38.1 Å². The van der Waals surface area contributed by atoms with Crippen LogP contribution in [0.4, 0.5) is 4.39 Å². The molecule has 0 amide bonds. The first-order valence-electron chi connectivity index (χ1n) is 7.10. The number of rotatable bonds is 5. The number of halogens is 1. The van der Waals surface area contributed by atoms with Crippen molar-refractivity contribution in [1.29, 1.82) is 0 Å². The van der Waals surface area contributed by atoms with E-state index >= 15 is 0 Å². The zero-order valence-corrected chi connectivity index (χ0v) is 12.4. The summed E-state index contributed by atoms with van der Waals surface area (Å²) < 4.78 is 12.9. The summed E-state index contributed by atoms with van der Waals surface area (Å²) in [5.41, 5.74) is 2.38. The summed E-state index contributed by atoms with van der Waals surface area (Å²) in [6.07, 6.45) is 3.32. The summed E-state index contributed by atoms with van der Waals surface area (Å²) in [6.45, 7) is 3.03. The van der Waals surface area contributed by atoms with Crippen molar-refractivity contribution in [3.8, 4) is 0 Å². The Bertz CT molecular complexity index is 558. The van der Waals surface area contributed by atoms with Gasteiger partial charge in [0.25, 0.3) is 0 Å². The number of aryl methyl sites for hydroxylation is 1. The topological polar surface area (TPSA) is 24.9 Å². The van der Waals surface area contributed by atoms with Crippen LogP contribution in [-0.4, -0.2) is 17.6 Å². The van der Waals surface area contributed by atoms with Crippen LogP contribution in [0.3, 0.4) is 0 Å². The number of benzene rings is 1. The van der Waals surface area contributed by atoms with E-state index in [0.29, 0.717) is 12.0 Å². The second kappa shape index (κ2) is 6.02. The quantitative estimate of drug-likeness (QED) is 0.909. The molecule has 1 saturated carbocycles. The summed E-state index contributed by atoms with van der Waals surface area (Å²) in [6, 6.07) is 7.54. The van der Waals surface area contributed by atoms with Gasteiger partial charge in [0.2, 0.25) is 0 Å². The van der Waals surface area contributed by atoms with E-state index < -0.39 is 0 Å². The maximum atomic E-state index is 12.9. The lowest BCUT2D eigenvalue weighted by atomic mass is 9.76.